The Bertz CT molecular complexity index is 827. The fraction of sp³-hybridized carbons (Fsp3) is 0.381. The molecule has 2 aliphatic rings. The molecule has 0 saturated carbocycles. The van der Waals surface area contributed by atoms with Gasteiger partial charge in [-0.25, -0.2) is 9.18 Å². The predicted octanol–water partition coefficient (Wildman–Crippen LogP) is 3.07. The third-order valence-electron chi connectivity index (χ3n) is 5.47. The number of carbonyl (C=O) groups excluding carboxylic acids is 1. The SMILES string of the molecule is CNC1CCN(C(=O)N2CCN(Cc3cccc(F)c3)c3ccccc32)C1. The number of nitrogens with zero attached hydrogens (tertiary/aromatic N) is 3. The van der Waals surface area contributed by atoms with E-state index in [4.69, 9.17) is 0 Å². The van der Waals surface area contributed by atoms with E-state index < -0.39 is 0 Å². The maximum Gasteiger partial charge on any atom is 0.324 e. The molecule has 1 fully saturated rings. The van der Waals surface area contributed by atoms with Gasteiger partial charge in [-0.05, 0) is 43.3 Å². The Morgan fingerprint density at radius 2 is 1.93 bits per heavy atom. The van der Waals surface area contributed by atoms with E-state index in [0.29, 0.717) is 19.1 Å². The second-order valence-corrected chi connectivity index (χ2v) is 7.19. The van der Waals surface area contributed by atoms with E-state index in [0.717, 1.165) is 43.0 Å². The highest BCUT2D eigenvalue weighted by Crippen LogP contribution is 2.34. The van der Waals surface area contributed by atoms with Crippen molar-refractivity contribution in [1.29, 1.82) is 0 Å². The standard InChI is InChI=1S/C21H25FN4O/c1-23-18-9-10-25(15-18)21(27)26-12-11-24(19-7-2-3-8-20(19)26)14-16-5-4-6-17(22)13-16/h2-8,13,18,23H,9-12,14-15H2,1H3. The molecule has 2 aliphatic heterocycles. The molecule has 2 amide bonds. The maximum absolute atomic E-state index is 13.5. The van der Waals surface area contributed by atoms with Crippen molar-refractivity contribution in [2.75, 3.05) is 43.0 Å². The summed E-state index contributed by atoms with van der Waals surface area (Å²) in [5, 5.41) is 3.26. The molecule has 1 saturated heterocycles. The Morgan fingerprint density at radius 1 is 1.11 bits per heavy atom. The van der Waals surface area contributed by atoms with Gasteiger partial charge < -0.3 is 15.1 Å². The number of halogens is 1. The van der Waals surface area contributed by atoms with Crippen molar-refractivity contribution in [3.63, 3.8) is 0 Å². The summed E-state index contributed by atoms with van der Waals surface area (Å²) >= 11 is 0. The molecule has 0 aromatic heterocycles. The number of hydrogen-bond donors (Lipinski definition) is 1. The van der Waals surface area contributed by atoms with Crippen LogP contribution in [0.2, 0.25) is 0 Å². The molecule has 1 atom stereocenters. The van der Waals surface area contributed by atoms with E-state index in [1.165, 1.54) is 6.07 Å². The van der Waals surface area contributed by atoms with Gasteiger partial charge in [0.2, 0.25) is 0 Å². The third-order valence-corrected chi connectivity index (χ3v) is 5.47. The molecule has 1 unspecified atom stereocenters. The Labute approximate surface area is 159 Å². The van der Waals surface area contributed by atoms with Gasteiger partial charge in [0, 0.05) is 38.8 Å². The summed E-state index contributed by atoms with van der Waals surface area (Å²) in [7, 11) is 1.94. The number of para-hydroxylation sites is 2. The monoisotopic (exact) mass is 368 g/mol. The maximum atomic E-state index is 13.5. The molecule has 0 radical (unpaired) electrons. The summed E-state index contributed by atoms with van der Waals surface area (Å²) in [4.78, 5) is 19.1. The number of benzene rings is 2. The lowest BCUT2D eigenvalue weighted by atomic mass is 10.1. The molecule has 6 heteroatoms. The van der Waals surface area contributed by atoms with Gasteiger partial charge in [0.05, 0.1) is 11.4 Å². The summed E-state index contributed by atoms with van der Waals surface area (Å²) in [6, 6.07) is 15.1. The first-order chi connectivity index (χ1) is 13.2. The van der Waals surface area contributed by atoms with Crippen LogP contribution < -0.4 is 15.1 Å². The first-order valence-electron chi connectivity index (χ1n) is 9.48. The van der Waals surface area contributed by atoms with Crippen LogP contribution in [-0.4, -0.2) is 50.2 Å². The Hall–Kier alpha value is -2.60. The minimum Gasteiger partial charge on any atom is -0.364 e. The van der Waals surface area contributed by atoms with Crippen LogP contribution in [0.1, 0.15) is 12.0 Å². The zero-order valence-electron chi connectivity index (χ0n) is 15.6. The predicted molar refractivity (Wildman–Crippen MR) is 106 cm³/mol. The number of nitrogens with one attached hydrogen (secondary N) is 1. The van der Waals surface area contributed by atoms with E-state index in [9.17, 15) is 9.18 Å². The molecule has 2 heterocycles. The molecule has 0 aliphatic carbocycles. The van der Waals surface area contributed by atoms with E-state index in [1.807, 2.05) is 47.2 Å². The fourth-order valence-corrected chi connectivity index (χ4v) is 3.98. The smallest absolute Gasteiger partial charge is 0.324 e. The van der Waals surface area contributed by atoms with Crippen LogP contribution in [0.5, 0.6) is 0 Å². The van der Waals surface area contributed by atoms with Gasteiger partial charge in [0.25, 0.3) is 0 Å². The highest BCUT2D eigenvalue weighted by Gasteiger charge is 2.33. The molecule has 0 bridgehead atoms. The first-order valence-corrected chi connectivity index (χ1v) is 9.48. The number of amides is 2. The minimum atomic E-state index is -0.220. The summed E-state index contributed by atoms with van der Waals surface area (Å²) in [6.07, 6.45) is 0.990. The van der Waals surface area contributed by atoms with Gasteiger partial charge >= 0.3 is 6.03 Å². The molecule has 4 rings (SSSR count). The highest BCUT2D eigenvalue weighted by atomic mass is 19.1. The summed E-state index contributed by atoms with van der Waals surface area (Å²) in [5.41, 5.74) is 2.88. The van der Waals surface area contributed by atoms with Gasteiger partial charge in [-0.2, -0.15) is 0 Å². The lowest BCUT2D eigenvalue weighted by Crippen LogP contribution is -2.49. The lowest BCUT2D eigenvalue weighted by molar-refractivity contribution is 0.214. The average Bonchev–Trinajstić information content (AvgIpc) is 3.17. The number of anilines is 2. The van der Waals surface area contributed by atoms with Gasteiger partial charge in [0.1, 0.15) is 5.82 Å². The molecule has 0 spiro atoms. The second kappa shape index (κ2) is 7.56. The van der Waals surface area contributed by atoms with Gasteiger partial charge in [-0.15, -0.1) is 0 Å². The molecule has 2 aromatic rings. The first kappa shape index (κ1) is 17.8. The van der Waals surface area contributed by atoms with Crippen molar-refractivity contribution in [2.24, 2.45) is 0 Å². The summed E-state index contributed by atoms with van der Waals surface area (Å²) in [5.74, 6) is -0.220. The average molecular weight is 368 g/mol. The Morgan fingerprint density at radius 3 is 2.67 bits per heavy atom. The molecule has 1 N–H and O–H groups in total. The van der Waals surface area contributed by atoms with E-state index in [2.05, 4.69) is 10.2 Å². The number of likely N-dealkylation sites (N-methyl/N-ethyl adjacent to an activating group) is 1. The molecule has 2 aromatic carbocycles. The van der Waals surface area contributed by atoms with Crippen LogP contribution in [0.25, 0.3) is 0 Å². The van der Waals surface area contributed by atoms with Crippen molar-refractivity contribution in [2.45, 2.75) is 19.0 Å². The van der Waals surface area contributed by atoms with Crippen molar-refractivity contribution < 1.29 is 9.18 Å². The largest absolute Gasteiger partial charge is 0.364 e. The van der Waals surface area contributed by atoms with Crippen molar-refractivity contribution in [3.8, 4) is 0 Å². The van der Waals surface area contributed by atoms with E-state index in [1.54, 1.807) is 12.1 Å². The minimum absolute atomic E-state index is 0.0746. The van der Waals surface area contributed by atoms with E-state index >= 15 is 0 Å². The number of likely N-dealkylation sites (tertiary alicyclic amines) is 1. The zero-order chi connectivity index (χ0) is 18.8. The number of urea groups is 1. The van der Waals surface area contributed by atoms with Crippen LogP contribution in [0.15, 0.2) is 48.5 Å². The number of carbonyl (C=O) groups is 1. The van der Waals surface area contributed by atoms with Gasteiger partial charge in [-0.1, -0.05) is 24.3 Å². The zero-order valence-corrected chi connectivity index (χ0v) is 15.6. The fourth-order valence-electron chi connectivity index (χ4n) is 3.98. The van der Waals surface area contributed by atoms with Crippen LogP contribution in [0.3, 0.4) is 0 Å². The molecular weight excluding hydrogens is 343 g/mol. The Kier molecular flexibility index (Phi) is 4.99. The number of hydrogen-bond acceptors (Lipinski definition) is 3. The lowest BCUT2D eigenvalue weighted by Gasteiger charge is -2.39. The summed E-state index contributed by atoms with van der Waals surface area (Å²) in [6.45, 7) is 3.52. The van der Waals surface area contributed by atoms with Gasteiger partial charge in [0.15, 0.2) is 0 Å². The number of rotatable bonds is 3. The summed E-state index contributed by atoms with van der Waals surface area (Å²) < 4.78 is 13.5. The number of fused-ring (bicyclic) bond motifs is 1. The van der Waals surface area contributed by atoms with Crippen molar-refractivity contribution >= 4 is 17.4 Å². The van der Waals surface area contributed by atoms with Crippen molar-refractivity contribution in [1.82, 2.24) is 10.2 Å². The molecule has 5 nitrogen and oxygen atoms in total. The topological polar surface area (TPSA) is 38.8 Å². The third kappa shape index (κ3) is 3.62. The van der Waals surface area contributed by atoms with Crippen LogP contribution in [0.4, 0.5) is 20.6 Å². The quantitative estimate of drug-likeness (QED) is 0.905. The normalized spacial score (nSPS) is 19.3. The second-order valence-electron chi connectivity index (χ2n) is 7.19. The van der Waals surface area contributed by atoms with Crippen LogP contribution in [-0.2, 0) is 6.54 Å². The molecule has 27 heavy (non-hydrogen) atoms. The van der Waals surface area contributed by atoms with Crippen LogP contribution in [0, 0.1) is 5.82 Å². The molecular formula is C21H25FN4O. The van der Waals surface area contributed by atoms with Crippen LogP contribution >= 0.6 is 0 Å². The van der Waals surface area contributed by atoms with Crippen molar-refractivity contribution in [3.05, 3.63) is 59.9 Å². The highest BCUT2D eigenvalue weighted by molar-refractivity contribution is 5.97. The molecule has 142 valence electrons. The Balaban J connectivity index is 1.55. The van der Waals surface area contributed by atoms with Gasteiger partial charge in [-0.3, -0.25) is 4.90 Å². The van der Waals surface area contributed by atoms with E-state index in [-0.39, 0.29) is 11.8 Å².